The molecule has 7 nitrogen and oxygen atoms in total. The van der Waals surface area contributed by atoms with Crippen molar-refractivity contribution in [3.8, 4) is 11.1 Å². The van der Waals surface area contributed by atoms with Crippen LogP contribution in [0.15, 0.2) is 70.3 Å². The molecule has 0 spiro atoms. The van der Waals surface area contributed by atoms with Gasteiger partial charge in [0.2, 0.25) is 0 Å². The van der Waals surface area contributed by atoms with E-state index in [0.29, 0.717) is 16.8 Å². The monoisotopic (exact) mass is 399 g/mol. The van der Waals surface area contributed by atoms with Crippen molar-refractivity contribution < 1.29 is 9.53 Å². The van der Waals surface area contributed by atoms with E-state index >= 15 is 0 Å². The molecule has 2 aromatic carbocycles. The lowest BCUT2D eigenvalue weighted by atomic mass is 9.96. The van der Waals surface area contributed by atoms with Crippen molar-refractivity contribution in [1.82, 2.24) is 14.1 Å². The second-order valence-corrected chi connectivity index (χ2v) is 7.17. The van der Waals surface area contributed by atoms with Gasteiger partial charge in [-0.1, -0.05) is 60.7 Å². The van der Waals surface area contributed by atoms with Gasteiger partial charge in [0.15, 0.2) is 5.65 Å². The number of aromatic nitrogens is 3. The standard InChI is InChI=1S/C23H17N3O4/c1-25-21(27)19-17(15-10-6-3-7-11-15)18-16(13-30-22(18)28)24-20(19)26(23(25)29)12-14-8-4-2-5-9-14/h2-11H,12-13H2,1H3. The van der Waals surface area contributed by atoms with E-state index in [2.05, 4.69) is 4.98 Å². The van der Waals surface area contributed by atoms with Crippen LogP contribution in [0, 0.1) is 0 Å². The molecule has 0 bridgehead atoms. The fourth-order valence-corrected chi connectivity index (χ4v) is 3.88. The van der Waals surface area contributed by atoms with Gasteiger partial charge >= 0.3 is 11.7 Å². The second-order valence-electron chi connectivity index (χ2n) is 7.17. The lowest BCUT2D eigenvalue weighted by Crippen LogP contribution is -2.39. The van der Waals surface area contributed by atoms with Crippen molar-refractivity contribution in [2.45, 2.75) is 13.2 Å². The smallest absolute Gasteiger partial charge is 0.341 e. The van der Waals surface area contributed by atoms with Crippen LogP contribution in [-0.4, -0.2) is 20.1 Å². The normalized spacial score (nSPS) is 12.8. The lowest BCUT2D eigenvalue weighted by Gasteiger charge is -2.15. The minimum Gasteiger partial charge on any atom is -0.455 e. The van der Waals surface area contributed by atoms with E-state index in [0.717, 1.165) is 10.1 Å². The average molecular weight is 399 g/mol. The Bertz CT molecular complexity index is 1420. The highest BCUT2D eigenvalue weighted by Crippen LogP contribution is 2.34. The predicted octanol–water partition coefficient (Wildman–Crippen LogP) is 2.48. The molecule has 3 heterocycles. The first-order chi connectivity index (χ1) is 14.6. The number of esters is 1. The van der Waals surface area contributed by atoms with Gasteiger partial charge in [0.05, 0.1) is 23.2 Å². The van der Waals surface area contributed by atoms with Gasteiger partial charge in [-0.05, 0) is 11.1 Å². The minimum absolute atomic E-state index is 0.0126. The highest BCUT2D eigenvalue weighted by molar-refractivity contribution is 6.08. The molecule has 0 fully saturated rings. The number of rotatable bonds is 3. The molecule has 0 radical (unpaired) electrons. The predicted molar refractivity (Wildman–Crippen MR) is 111 cm³/mol. The van der Waals surface area contributed by atoms with Gasteiger partial charge in [-0.15, -0.1) is 0 Å². The number of pyridine rings is 1. The zero-order chi connectivity index (χ0) is 20.8. The molecule has 1 aliphatic rings. The largest absolute Gasteiger partial charge is 0.455 e. The van der Waals surface area contributed by atoms with E-state index in [1.54, 1.807) is 0 Å². The molecule has 0 amide bonds. The highest BCUT2D eigenvalue weighted by Gasteiger charge is 2.31. The van der Waals surface area contributed by atoms with Crippen LogP contribution in [0.25, 0.3) is 22.2 Å². The Hall–Kier alpha value is -4.00. The van der Waals surface area contributed by atoms with Crippen LogP contribution in [0.2, 0.25) is 0 Å². The zero-order valence-electron chi connectivity index (χ0n) is 16.2. The number of cyclic esters (lactones) is 1. The maximum Gasteiger partial charge on any atom is 0.341 e. The molecule has 7 heteroatoms. The van der Waals surface area contributed by atoms with Gasteiger partial charge in [-0.3, -0.25) is 13.9 Å². The Morgan fingerprint density at radius 3 is 2.30 bits per heavy atom. The van der Waals surface area contributed by atoms with Crippen LogP contribution in [0.1, 0.15) is 21.6 Å². The molecule has 2 aromatic heterocycles. The molecule has 0 N–H and O–H groups in total. The fraction of sp³-hybridized carbons (Fsp3) is 0.130. The van der Waals surface area contributed by atoms with Crippen molar-refractivity contribution in [3.63, 3.8) is 0 Å². The topological polar surface area (TPSA) is 83.2 Å². The Labute approximate surface area is 170 Å². The summed E-state index contributed by atoms with van der Waals surface area (Å²) in [6.45, 7) is 0.262. The van der Waals surface area contributed by atoms with E-state index in [1.807, 2.05) is 60.7 Å². The molecular weight excluding hydrogens is 382 g/mol. The van der Waals surface area contributed by atoms with Crippen molar-refractivity contribution in [2.75, 3.05) is 0 Å². The molecule has 4 aromatic rings. The maximum atomic E-state index is 13.2. The molecule has 0 unspecified atom stereocenters. The molecule has 0 saturated carbocycles. The number of ether oxygens (including phenoxy) is 1. The van der Waals surface area contributed by atoms with E-state index in [9.17, 15) is 14.4 Å². The van der Waals surface area contributed by atoms with Crippen molar-refractivity contribution in [2.24, 2.45) is 7.05 Å². The third-order valence-electron chi connectivity index (χ3n) is 5.34. The summed E-state index contributed by atoms with van der Waals surface area (Å²) >= 11 is 0. The summed E-state index contributed by atoms with van der Waals surface area (Å²) in [7, 11) is 1.44. The molecule has 0 saturated heterocycles. The molecule has 0 atom stereocenters. The molecule has 30 heavy (non-hydrogen) atoms. The summed E-state index contributed by atoms with van der Waals surface area (Å²) in [5, 5.41) is 0.233. The van der Waals surface area contributed by atoms with Gasteiger partial charge in [0.1, 0.15) is 6.61 Å². The highest BCUT2D eigenvalue weighted by atomic mass is 16.5. The molecular formula is C23H17N3O4. The molecule has 0 aliphatic carbocycles. The van der Waals surface area contributed by atoms with Gasteiger partial charge < -0.3 is 4.74 Å². The molecule has 5 rings (SSSR count). The summed E-state index contributed by atoms with van der Waals surface area (Å²) in [5.74, 6) is -0.513. The van der Waals surface area contributed by atoms with Gasteiger partial charge in [-0.25, -0.2) is 14.6 Å². The third-order valence-corrected chi connectivity index (χ3v) is 5.34. The van der Waals surface area contributed by atoms with Crippen molar-refractivity contribution in [1.29, 1.82) is 0 Å². The van der Waals surface area contributed by atoms with Crippen LogP contribution < -0.4 is 11.2 Å². The van der Waals surface area contributed by atoms with Gasteiger partial charge in [0.25, 0.3) is 5.56 Å². The van der Waals surface area contributed by atoms with Gasteiger partial charge in [-0.2, -0.15) is 0 Å². The van der Waals surface area contributed by atoms with Crippen LogP contribution in [-0.2, 0) is 24.9 Å². The number of benzene rings is 2. The fourth-order valence-electron chi connectivity index (χ4n) is 3.88. The molecule has 148 valence electrons. The molecule has 1 aliphatic heterocycles. The van der Waals surface area contributed by atoms with E-state index < -0.39 is 17.2 Å². The second kappa shape index (κ2) is 6.81. The summed E-state index contributed by atoms with van der Waals surface area (Å²) < 4.78 is 7.75. The van der Waals surface area contributed by atoms with Crippen LogP contribution in [0.4, 0.5) is 0 Å². The van der Waals surface area contributed by atoms with E-state index in [-0.39, 0.29) is 29.7 Å². The zero-order valence-corrected chi connectivity index (χ0v) is 16.2. The number of hydrogen-bond acceptors (Lipinski definition) is 5. The Morgan fingerprint density at radius 1 is 0.933 bits per heavy atom. The quantitative estimate of drug-likeness (QED) is 0.494. The van der Waals surface area contributed by atoms with E-state index in [1.165, 1.54) is 11.6 Å². The number of fused-ring (bicyclic) bond motifs is 2. The Balaban J connectivity index is 1.94. The van der Waals surface area contributed by atoms with E-state index in [4.69, 9.17) is 4.74 Å². The average Bonchev–Trinajstić information content (AvgIpc) is 3.15. The van der Waals surface area contributed by atoms with Crippen LogP contribution >= 0.6 is 0 Å². The first-order valence-corrected chi connectivity index (χ1v) is 9.49. The Morgan fingerprint density at radius 2 is 1.60 bits per heavy atom. The maximum absolute atomic E-state index is 13.2. The van der Waals surface area contributed by atoms with Crippen molar-refractivity contribution in [3.05, 3.63) is 98.3 Å². The SMILES string of the molecule is Cn1c(=O)c2c(-c3ccccc3)c3c(nc2n(Cc2ccccc2)c1=O)COC3=O. The Kier molecular flexibility index (Phi) is 4.10. The number of carbonyl (C=O) groups is 1. The summed E-state index contributed by atoms with van der Waals surface area (Å²) in [6, 6.07) is 18.6. The summed E-state index contributed by atoms with van der Waals surface area (Å²) in [5.41, 5.74) is 2.07. The summed E-state index contributed by atoms with van der Waals surface area (Å²) in [6.07, 6.45) is 0. The first kappa shape index (κ1) is 18.1. The van der Waals surface area contributed by atoms with Crippen LogP contribution in [0.5, 0.6) is 0 Å². The third kappa shape index (κ3) is 2.67. The van der Waals surface area contributed by atoms with Crippen molar-refractivity contribution >= 4 is 17.0 Å². The minimum atomic E-state index is -0.513. The van der Waals surface area contributed by atoms with Gasteiger partial charge in [0, 0.05) is 12.6 Å². The number of hydrogen-bond donors (Lipinski definition) is 0. The number of carbonyl (C=O) groups excluding carboxylic acids is 1. The first-order valence-electron chi connectivity index (χ1n) is 9.49. The summed E-state index contributed by atoms with van der Waals surface area (Å²) in [4.78, 5) is 43.3. The number of nitrogens with zero attached hydrogens (tertiary/aromatic N) is 3. The van der Waals surface area contributed by atoms with Crippen LogP contribution in [0.3, 0.4) is 0 Å². The lowest BCUT2D eigenvalue weighted by molar-refractivity contribution is 0.0534.